The number of aryl methyl sites for hydroxylation is 1. The number of H-pyrrole nitrogens is 1. The largest absolute Gasteiger partial charge is 0.382 e. The first-order valence-electron chi connectivity index (χ1n) is 5.62. The Bertz CT molecular complexity index is 486. The van der Waals surface area contributed by atoms with Crippen molar-refractivity contribution in [2.75, 3.05) is 5.73 Å². The molecule has 0 radical (unpaired) electrons. The van der Waals surface area contributed by atoms with Crippen molar-refractivity contribution in [3.05, 3.63) is 35.4 Å². The van der Waals surface area contributed by atoms with Gasteiger partial charge in [0.25, 0.3) is 0 Å². The molecule has 2 aromatic rings. The van der Waals surface area contributed by atoms with E-state index in [0.29, 0.717) is 5.82 Å². The molecule has 0 spiro atoms. The summed E-state index contributed by atoms with van der Waals surface area (Å²) >= 11 is 0. The van der Waals surface area contributed by atoms with Gasteiger partial charge in [-0.25, -0.2) is 0 Å². The molecule has 1 aromatic heterocycles. The Hall–Kier alpha value is -1.77. The fourth-order valence-electron chi connectivity index (χ4n) is 1.92. The molecule has 84 valence electrons. The van der Waals surface area contributed by atoms with Crippen LogP contribution in [0.4, 0.5) is 5.82 Å². The molecule has 3 heteroatoms. The molecule has 0 bridgehead atoms. The van der Waals surface area contributed by atoms with Gasteiger partial charge in [0.1, 0.15) is 5.82 Å². The predicted molar refractivity (Wildman–Crippen MR) is 67.2 cm³/mol. The molecule has 0 atom stereocenters. The van der Waals surface area contributed by atoms with Gasteiger partial charge in [-0.15, -0.1) is 0 Å². The van der Waals surface area contributed by atoms with Gasteiger partial charge in [-0.1, -0.05) is 37.1 Å². The monoisotopic (exact) mass is 215 g/mol. The highest BCUT2D eigenvalue weighted by Crippen LogP contribution is 2.26. The van der Waals surface area contributed by atoms with Crippen molar-refractivity contribution in [2.45, 2.75) is 26.7 Å². The lowest BCUT2D eigenvalue weighted by molar-refractivity contribution is 0.927. The smallest absolute Gasteiger partial charge is 0.149 e. The molecule has 1 aromatic carbocycles. The number of nitrogens with zero attached hydrogens (tertiary/aromatic N) is 1. The molecule has 0 amide bonds. The minimum Gasteiger partial charge on any atom is -0.382 e. The number of aromatic amines is 1. The Morgan fingerprint density at radius 3 is 2.88 bits per heavy atom. The van der Waals surface area contributed by atoms with Crippen molar-refractivity contribution in [2.24, 2.45) is 0 Å². The third-order valence-electron chi connectivity index (χ3n) is 2.71. The number of nitrogens with one attached hydrogen (secondary N) is 1. The minimum absolute atomic E-state index is 0.623. The number of aromatic nitrogens is 2. The van der Waals surface area contributed by atoms with Crippen molar-refractivity contribution in [3.8, 4) is 11.3 Å². The van der Waals surface area contributed by atoms with Gasteiger partial charge >= 0.3 is 0 Å². The SMILES string of the molecule is CCCc1c(N)n[nH]c1-c1cccc(C)c1. The molecule has 3 nitrogen and oxygen atoms in total. The van der Waals surface area contributed by atoms with Crippen LogP contribution < -0.4 is 5.73 Å². The van der Waals surface area contributed by atoms with E-state index < -0.39 is 0 Å². The van der Waals surface area contributed by atoms with E-state index >= 15 is 0 Å². The average Bonchev–Trinajstić information content (AvgIpc) is 2.61. The number of hydrogen-bond donors (Lipinski definition) is 2. The van der Waals surface area contributed by atoms with Crippen molar-refractivity contribution in [3.63, 3.8) is 0 Å². The Morgan fingerprint density at radius 2 is 2.19 bits per heavy atom. The summed E-state index contributed by atoms with van der Waals surface area (Å²) in [5.74, 6) is 0.623. The van der Waals surface area contributed by atoms with E-state index in [9.17, 15) is 0 Å². The molecule has 0 aliphatic heterocycles. The van der Waals surface area contributed by atoms with E-state index in [1.54, 1.807) is 0 Å². The summed E-state index contributed by atoms with van der Waals surface area (Å²) < 4.78 is 0. The van der Waals surface area contributed by atoms with E-state index in [1.165, 1.54) is 5.56 Å². The Balaban J connectivity index is 2.47. The summed E-state index contributed by atoms with van der Waals surface area (Å²) in [6, 6.07) is 8.37. The van der Waals surface area contributed by atoms with Gasteiger partial charge in [0.05, 0.1) is 5.69 Å². The van der Waals surface area contributed by atoms with E-state index in [0.717, 1.165) is 29.7 Å². The molecule has 0 aliphatic carbocycles. The zero-order chi connectivity index (χ0) is 11.5. The van der Waals surface area contributed by atoms with Gasteiger partial charge in [-0.3, -0.25) is 5.10 Å². The Labute approximate surface area is 95.7 Å². The van der Waals surface area contributed by atoms with E-state index in [-0.39, 0.29) is 0 Å². The maximum atomic E-state index is 5.86. The second-order valence-electron chi connectivity index (χ2n) is 4.08. The molecule has 0 fully saturated rings. The van der Waals surface area contributed by atoms with Crippen LogP contribution in [0.15, 0.2) is 24.3 Å². The lowest BCUT2D eigenvalue weighted by atomic mass is 10.0. The van der Waals surface area contributed by atoms with E-state index in [1.807, 2.05) is 0 Å². The number of nitrogen functional groups attached to an aromatic ring is 1. The van der Waals surface area contributed by atoms with Gasteiger partial charge in [-0.2, -0.15) is 5.10 Å². The van der Waals surface area contributed by atoms with Crippen molar-refractivity contribution in [1.29, 1.82) is 0 Å². The predicted octanol–water partition coefficient (Wildman–Crippen LogP) is 2.92. The third-order valence-corrected chi connectivity index (χ3v) is 2.71. The van der Waals surface area contributed by atoms with Crippen LogP contribution in [0.5, 0.6) is 0 Å². The minimum atomic E-state index is 0.623. The average molecular weight is 215 g/mol. The summed E-state index contributed by atoms with van der Waals surface area (Å²) in [6.07, 6.45) is 2.04. The first-order valence-corrected chi connectivity index (χ1v) is 5.62. The van der Waals surface area contributed by atoms with E-state index in [4.69, 9.17) is 5.73 Å². The quantitative estimate of drug-likeness (QED) is 0.827. The summed E-state index contributed by atoms with van der Waals surface area (Å²) in [4.78, 5) is 0. The summed E-state index contributed by atoms with van der Waals surface area (Å²) in [6.45, 7) is 4.23. The topological polar surface area (TPSA) is 54.7 Å². The van der Waals surface area contributed by atoms with Gasteiger partial charge in [0, 0.05) is 11.1 Å². The molecule has 0 saturated heterocycles. The van der Waals surface area contributed by atoms with Crippen molar-refractivity contribution in [1.82, 2.24) is 10.2 Å². The fourth-order valence-corrected chi connectivity index (χ4v) is 1.92. The maximum absolute atomic E-state index is 5.86. The summed E-state index contributed by atoms with van der Waals surface area (Å²) in [5.41, 5.74) is 10.5. The van der Waals surface area contributed by atoms with Crippen LogP contribution in [0, 0.1) is 6.92 Å². The highest BCUT2D eigenvalue weighted by atomic mass is 15.2. The van der Waals surface area contributed by atoms with Crippen LogP contribution in [0.1, 0.15) is 24.5 Å². The third kappa shape index (κ3) is 1.94. The van der Waals surface area contributed by atoms with E-state index in [2.05, 4.69) is 48.3 Å². The van der Waals surface area contributed by atoms with Crippen molar-refractivity contribution >= 4 is 5.82 Å². The number of hydrogen-bond acceptors (Lipinski definition) is 2. The zero-order valence-corrected chi connectivity index (χ0v) is 9.75. The molecule has 16 heavy (non-hydrogen) atoms. The number of nitrogens with two attached hydrogens (primary N) is 1. The second kappa shape index (κ2) is 4.39. The Morgan fingerprint density at radius 1 is 1.38 bits per heavy atom. The zero-order valence-electron chi connectivity index (χ0n) is 9.75. The van der Waals surface area contributed by atoms with Gasteiger partial charge in [0.2, 0.25) is 0 Å². The molecule has 0 unspecified atom stereocenters. The molecule has 0 saturated carbocycles. The normalized spacial score (nSPS) is 10.6. The second-order valence-corrected chi connectivity index (χ2v) is 4.08. The van der Waals surface area contributed by atoms with Crippen molar-refractivity contribution < 1.29 is 0 Å². The lowest BCUT2D eigenvalue weighted by Crippen LogP contribution is -1.92. The van der Waals surface area contributed by atoms with Crippen LogP contribution in [-0.2, 0) is 6.42 Å². The van der Waals surface area contributed by atoms with Crippen LogP contribution in [0.25, 0.3) is 11.3 Å². The highest BCUT2D eigenvalue weighted by molar-refractivity contribution is 5.68. The molecular weight excluding hydrogens is 198 g/mol. The first-order chi connectivity index (χ1) is 7.72. The summed E-state index contributed by atoms with van der Waals surface area (Å²) in [7, 11) is 0. The Kier molecular flexibility index (Phi) is 2.95. The van der Waals surface area contributed by atoms with Crippen LogP contribution >= 0.6 is 0 Å². The summed E-state index contributed by atoms with van der Waals surface area (Å²) in [5, 5.41) is 7.12. The fraction of sp³-hybridized carbons (Fsp3) is 0.308. The lowest BCUT2D eigenvalue weighted by Gasteiger charge is -2.03. The van der Waals surface area contributed by atoms with Gasteiger partial charge < -0.3 is 5.73 Å². The molecule has 0 aliphatic rings. The van der Waals surface area contributed by atoms with Gasteiger partial charge in [0.15, 0.2) is 0 Å². The molecule has 2 rings (SSSR count). The highest BCUT2D eigenvalue weighted by Gasteiger charge is 2.11. The van der Waals surface area contributed by atoms with Crippen LogP contribution in [0.2, 0.25) is 0 Å². The maximum Gasteiger partial charge on any atom is 0.149 e. The van der Waals surface area contributed by atoms with Crippen LogP contribution in [0.3, 0.4) is 0 Å². The number of anilines is 1. The number of rotatable bonds is 3. The first kappa shape index (κ1) is 10.7. The molecular formula is C13H17N3. The van der Waals surface area contributed by atoms with Gasteiger partial charge in [-0.05, 0) is 19.4 Å². The molecule has 1 heterocycles. The number of benzene rings is 1. The van der Waals surface area contributed by atoms with Crippen LogP contribution in [-0.4, -0.2) is 10.2 Å². The molecule has 3 N–H and O–H groups in total. The standard InChI is InChI=1S/C13H17N3/c1-3-5-11-12(15-16-13(11)14)10-7-4-6-9(2)8-10/h4,6-8H,3,5H2,1-2H3,(H3,14,15,16).